The fourth-order valence-electron chi connectivity index (χ4n) is 0.469. The molecular formula is C4H7NO3. The molecule has 2 N–H and O–H groups in total. The van der Waals surface area contributed by atoms with Gasteiger partial charge in [-0.3, -0.25) is 0 Å². The minimum Gasteiger partial charge on any atom is -0.481 e. The van der Waals surface area contributed by atoms with E-state index in [2.05, 4.69) is 9.73 Å². The monoisotopic (exact) mass is 117 g/mol. The van der Waals surface area contributed by atoms with Gasteiger partial charge in [0.1, 0.15) is 12.6 Å². The van der Waals surface area contributed by atoms with Crippen LogP contribution in [0, 0.1) is 0 Å². The third-order valence-electron chi connectivity index (χ3n) is 0.938. The SMILES string of the molecule is OC(O)C1COC=N1. The van der Waals surface area contributed by atoms with Gasteiger partial charge >= 0.3 is 0 Å². The van der Waals surface area contributed by atoms with Crippen molar-refractivity contribution >= 4 is 6.40 Å². The molecule has 46 valence electrons. The number of aliphatic imine (C=N–C) groups is 1. The summed E-state index contributed by atoms with van der Waals surface area (Å²) in [5.41, 5.74) is 0. The lowest BCUT2D eigenvalue weighted by Gasteiger charge is -2.04. The summed E-state index contributed by atoms with van der Waals surface area (Å²) in [4.78, 5) is 3.59. The number of aliphatic hydroxyl groups is 2. The Balaban J connectivity index is 2.36. The fourth-order valence-corrected chi connectivity index (χ4v) is 0.469. The molecule has 4 nitrogen and oxygen atoms in total. The third kappa shape index (κ3) is 0.962. The van der Waals surface area contributed by atoms with Gasteiger partial charge in [0, 0.05) is 0 Å². The van der Waals surface area contributed by atoms with E-state index in [1.165, 1.54) is 6.40 Å². The van der Waals surface area contributed by atoms with E-state index in [9.17, 15) is 0 Å². The van der Waals surface area contributed by atoms with Crippen LogP contribution in [-0.2, 0) is 4.74 Å². The Morgan fingerprint density at radius 2 is 2.50 bits per heavy atom. The Morgan fingerprint density at radius 1 is 1.75 bits per heavy atom. The summed E-state index contributed by atoms with van der Waals surface area (Å²) >= 11 is 0. The van der Waals surface area contributed by atoms with Crippen LogP contribution in [0.15, 0.2) is 4.99 Å². The Morgan fingerprint density at radius 3 is 2.75 bits per heavy atom. The Labute approximate surface area is 46.4 Å². The molecule has 1 aliphatic rings. The number of rotatable bonds is 1. The zero-order valence-corrected chi connectivity index (χ0v) is 4.19. The number of hydrogen-bond acceptors (Lipinski definition) is 4. The number of ether oxygens (including phenoxy) is 1. The molecule has 0 radical (unpaired) electrons. The van der Waals surface area contributed by atoms with E-state index >= 15 is 0 Å². The van der Waals surface area contributed by atoms with Crippen molar-refractivity contribution in [1.29, 1.82) is 0 Å². The maximum absolute atomic E-state index is 8.41. The van der Waals surface area contributed by atoms with Crippen molar-refractivity contribution < 1.29 is 14.9 Å². The summed E-state index contributed by atoms with van der Waals surface area (Å²) in [5.74, 6) is 0. The molecule has 1 heterocycles. The van der Waals surface area contributed by atoms with Gasteiger partial charge < -0.3 is 14.9 Å². The van der Waals surface area contributed by atoms with Crippen LogP contribution >= 0.6 is 0 Å². The van der Waals surface area contributed by atoms with Crippen LogP contribution in [0.4, 0.5) is 0 Å². The molecule has 1 rings (SSSR count). The molecule has 0 aromatic carbocycles. The van der Waals surface area contributed by atoms with E-state index in [0.717, 1.165) is 0 Å². The average Bonchev–Trinajstić information content (AvgIpc) is 2.12. The summed E-state index contributed by atoms with van der Waals surface area (Å²) < 4.78 is 4.61. The van der Waals surface area contributed by atoms with Crippen molar-refractivity contribution in [2.24, 2.45) is 4.99 Å². The minimum absolute atomic E-state index is 0.275. The molecular weight excluding hydrogens is 110 g/mol. The lowest BCUT2D eigenvalue weighted by atomic mass is 10.3. The van der Waals surface area contributed by atoms with Crippen molar-refractivity contribution in [3.8, 4) is 0 Å². The average molecular weight is 117 g/mol. The fraction of sp³-hybridized carbons (Fsp3) is 0.750. The van der Waals surface area contributed by atoms with Crippen LogP contribution in [0.2, 0.25) is 0 Å². The van der Waals surface area contributed by atoms with E-state index in [0.29, 0.717) is 0 Å². The first kappa shape index (κ1) is 5.53. The normalized spacial score (nSPS) is 26.6. The Bertz CT molecular complexity index is 101. The second-order valence-electron chi connectivity index (χ2n) is 1.57. The molecule has 1 aliphatic heterocycles. The largest absolute Gasteiger partial charge is 0.481 e. The van der Waals surface area contributed by atoms with Crippen molar-refractivity contribution in [3.05, 3.63) is 0 Å². The van der Waals surface area contributed by atoms with Gasteiger partial charge in [-0.05, 0) is 0 Å². The van der Waals surface area contributed by atoms with E-state index in [4.69, 9.17) is 10.2 Å². The van der Waals surface area contributed by atoms with Crippen LogP contribution < -0.4 is 0 Å². The predicted molar refractivity (Wildman–Crippen MR) is 26.5 cm³/mol. The first-order chi connectivity index (χ1) is 3.80. The highest BCUT2D eigenvalue weighted by molar-refractivity contribution is 5.48. The van der Waals surface area contributed by atoms with Crippen LogP contribution in [0.1, 0.15) is 0 Å². The summed E-state index contributed by atoms with van der Waals surface area (Å²) in [6, 6.07) is -0.477. The van der Waals surface area contributed by atoms with Gasteiger partial charge in [-0.2, -0.15) is 0 Å². The van der Waals surface area contributed by atoms with Gasteiger partial charge in [-0.25, -0.2) is 4.99 Å². The van der Waals surface area contributed by atoms with Crippen molar-refractivity contribution in [2.45, 2.75) is 12.3 Å². The smallest absolute Gasteiger partial charge is 0.177 e. The first-order valence-electron chi connectivity index (χ1n) is 2.30. The van der Waals surface area contributed by atoms with Gasteiger partial charge in [-0.1, -0.05) is 0 Å². The van der Waals surface area contributed by atoms with Gasteiger partial charge in [0.15, 0.2) is 12.7 Å². The molecule has 0 saturated heterocycles. The lowest BCUT2D eigenvalue weighted by molar-refractivity contribution is -0.0608. The molecule has 0 aromatic rings. The maximum atomic E-state index is 8.41. The van der Waals surface area contributed by atoms with Crippen molar-refractivity contribution in [2.75, 3.05) is 6.61 Å². The molecule has 0 bridgehead atoms. The van der Waals surface area contributed by atoms with E-state index in [1.807, 2.05) is 0 Å². The Kier molecular flexibility index (Phi) is 1.45. The van der Waals surface area contributed by atoms with Crippen LogP contribution in [0.25, 0.3) is 0 Å². The van der Waals surface area contributed by atoms with Crippen molar-refractivity contribution in [3.63, 3.8) is 0 Å². The standard InChI is InChI=1S/C4H7NO3/c6-4(7)3-1-8-2-5-3/h2-4,6-7H,1H2. The third-order valence-corrected chi connectivity index (χ3v) is 0.938. The second-order valence-corrected chi connectivity index (χ2v) is 1.57. The Hall–Kier alpha value is -0.610. The van der Waals surface area contributed by atoms with E-state index in [-0.39, 0.29) is 6.61 Å². The van der Waals surface area contributed by atoms with E-state index in [1.54, 1.807) is 0 Å². The quantitative estimate of drug-likeness (QED) is 0.421. The van der Waals surface area contributed by atoms with Crippen molar-refractivity contribution in [1.82, 2.24) is 0 Å². The summed E-state index contributed by atoms with van der Waals surface area (Å²) in [5, 5.41) is 16.8. The number of hydrogen-bond donors (Lipinski definition) is 2. The highest BCUT2D eigenvalue weighted by Crippen LogP contribution is 2.00. The molecule has 0 aliphatic carbocycles. The predicted octanol–water partition coefficient (Wildman–Crippen LogP) is -1.28. The second kappa shape index (κ2) is 2.11. The molecule has 8 heavy (non-hydrogen) atoms. The summed E-state index contributed by atoms with van der Waals surface area (Å²) in [6.45, 7) is 0.275. The summed E-state index contributed by atoms with van der Waals surface area (Å²) in [6.07, 6.45) is -0.154. The molecule has 1 atom stereocenters. The topological polar surface area (TPSA) is 62.0 Å². The van der Waals surface area contributed by atoms with Gasteiger partial charge in [0.25, 0.3) is 0 Å². The molecule has 1 unspecified atom stereocenters. The lowest BCUT2D eigenvalue weighted by Crippen LogP contribution is -2.24. The van der Waals surface area contributed by atoms with Gasteiger partial charge in [-0.15, -0.1) is 0 Å². The highest BCUT2D eigenvalue weighted by Gasteiger charge is 2.18. The van der Waals surface area contributed by atoms with Gasteiger partial charge in [0.2, 0.25) is 0 Å². The molecule has 0 saturated carbocycles. The number of nitrogens with zero attached hydrogens (tertiary/aromatic N) is 1. The highest BCUT2D eigenvalue weighted by atomic mass is 16.5. The first-order valence-corrected chi connectivity index (χ1v) is 2.30. The molecule has 0 amide bonds. The van der Waals surface area contributed by atoms with Gasteiger partial charge in [0.05, 0.1) is 0 Å². The van der Waals surface area contributed by atoms with Crippen LogP contribution in [0.3, 0.4) is 0 Å². The van der Waals surface area contributed by atoms with Crippen LogP contribution in [0.5, 0.6) is 0 Å². The summed E-state index contributed by atoms with van der Waals surface area (Å²) in [7, 11) is 0. The zero-order chi connectivity index (χ0) is 5.98. The van der Waals surface area contributed by atoms with E-state index < -0.39 is 12.3 Å². The molecule has 0 spiro atoms. The molecule has 0 aromatic heterocycles. The van der Waals surface area contributed by atoms with Crippen LogP contribution in [-0.4, -0.2) is 35.6 Å². The number of aliphatic hydroxyl groups excluding tert-OH is 1. The zero-order valence-electron chi connectivity index (χ0n) is 4.19. The molecule has 4 heteroatoms. The minimum atomic E-state index is -1.38. The maximum Gasteiger partial charge on any atom is 0.177 e. The molecule has 0 fully saturated rings.